The second kappa shape index (κ2) is 5.20. The van der Waals surface area contributed by atoms with Crippen molar-refractivity contribution in [3.63, 3.8) is 0 Å². The Kier molecular flexibility index (Phi) is 3.95. The van der Waals surface area contributed by atoms with Gasteiger partial charge in [-0.3, -0.25) is 0 Å². The largest absolute Gasteiger partial charge is 0.444 e. The standard InChI is InChI=1S/C13H20F3N3O3/c1-12(2,3)22-11(21)18-6-7-5-8(18)9(13(14,15)16)19(7)10(20)17-4/h7-9H,5-6H2,1-4H3,(H,17,20). The molecule has 2 aliphatic rings. The Labute approximate surface area is 126 Å². The van der Waals surface area contributed by atoms with Crippen molar-refractivity contribution in [2.24, 2.45) is 0 Å². The van der Waals surface area contributed by atoms with Gasteiger partial charge < -0.3 is 19.9 Å². The van der Waals surface area contributed by atoms with E-state index in [1.165, 1.54) is 7.05 Å². The molecule has 2 heterocycles. The Hall–Kier alpha value is -1.67. The summed E-state index contributed by atoms with van der Waals surface area (Å²) in [6.45, 7) is 5.01. The molecule has 3 unspecified atom stereocenters. The van der Waals surface area contributed by atoms with E-state index in [-0.39, 0.29) is 13.0 Å². The summed E-state index contributed by atoms with van der Waals surface area (Å²) in [6.07, 6.45) is -5.27. The summed E-state index contributed by atoms with van der Waals surface area (Å²) in [5, 5.41) is 2.23. The van der Waals surface area contributed by atoms with Gasteiger partial charge in [0.2, 0.25) is 0 Å². The SMILES string of the molecule is CNC(=O)N1C2CC(C1C(F)(F)F)N(C(=O)OC(C)(C)C)C2. The third kappa shape index (κ3) is 2.93. The van der Waals surface area contributed by atoms with Gasteiger partial charge in [-0.1, -0.05) is 0 Å². The molecular weight excluding hydrogens is 303 g/mol. The number of nitrogens with one attached hydrogen (secondary N) is 1. The third-order valence-corrected chi connectivity index (χ3v) is 3.79. The van der Waals surface area contributed by atoms with Gasteiger partial charge in [0.25, 0.3) is 0 Å². The summed E-state index contributed by atoms with van der Waals surface area (Å²) in [6, 6.07) is -4.53. The van der Waals surface area contributed by atoms with E-state index in [0.717, 1.165) is 9.80 Å². The molecule has 1 N–H and O–H groups in total. The van der Waals surface area contributed by atoms with Gasteiger partial charge in [0.15, 0.2) is 0 Å². The number of urea groups is 1. The Balaban J connectivity index is 2.23. The van der Waals surface area contributed by atoms with Crippen molar-refractivity contribution in [2.75, 3.05) is 13.6 Å². The minimum absolute atomic E-state index is 0.0551. The van der Waals surface area contributed by atoms with Crippen LogP contribution in [0.2, 0.25) is 0 Å². The molecule has 2 bridgehead atoms. The first-order chi connectivity index (χ1) is 9.95. The van der Waals surface area contributed by atoms with Gasteiger partial charge in [0.1, 0.15) is 11.6 Å². The fourth-order valence-corrected chi connectivity index (χ4v) is 3.08. The lowest BCUT2D eigenvalue weighted by molar-refractivity contribution is -0.188. The topological polar surface area (TPSA) is 61.9 Å². The van der Waals surface area contributed by atoms with Crippen LogP contribution in [-0.2, 0) is 4.74 Å². The van der Waals surface area contributed by atoms with Crippen LogP contribution in [0.4, 0.5) is 22.8 Å². The molecule has 3 atom stereocenters. The fourth-order valence-electron chi connectivity index (χ4n) is 3.08. The molecular formula is C13H20F3N3O3. The maximum atomic E-state index is 13.3. The van der Waals surface area contributed by atoms with Crippen LogP contribution in [0.3, 0.4) is 0 Å². The van der Waals surface area contributed by atoms with Crippen LogP contribution >= 0.6 is 0 Å². The van der Waals surface area contributed by atoms with E-state index in [9.17, 15) is 22.8 Å². The zero-order valence-corrected chi connectivity index (χ0v) is 12.9. The molecule has 9 heteroatoms. The van der Waals surface area contributed by atoms with Crippen molar-refractivity contribution >= 4 is 12.1 Å². The molecule has 2 fully saturated rings. The highest BCUT2D eigenvalue weighted by atomic mass is 19.4. The molecule has 126 valence electrons. The van der Waals surface area contributed by atoms with Gasteiger partial charge >= 0.3 is 18.3 Å². The van der Waals surface area contributed by atoms with Crippen LogP contribution in [0, 0.1) is 0 Å². The molecule has 0 aliphatic carbocycles. The summed E-state index contributed by atoms with van der Waals surface area (Å²) in [4.78, 5) is 25.7. The van der Waals surface area contributed by atoms with E-state index in [4.69, 9.17) is 4.74 Å². The summed E-state index contributed by atoms with van der Waals surface area (Å²) < 4.78 is 45.2. The number of ether oxygens (including phenoxy) is 1. The quantitative estimate of drug-likeness (QED) is 0.741. The number of hydrogen-bond donors (Lipinski definition) is 1. The number of halogens is 3. The zero-order valence-electron chi connectivity index (χ0n) is 12.9. The van der Waals surface area contributed by atoms with E-state index >= 15 is 0 Å². The van der Waals surface area contributed by atoms with Crippen molar-refractivity contribution in [1.29, 1.82) is 0 Å². The minimum Gasteiger partial charge on any atom is -0.444 e. The second-order valence-corrected chi connectivity index (χ2v) is 6.54. The highest BCUT2D eigenvalue weighted by molar-refractivity contribution is 5.77. The number of carbonyl (C=O) groups is 2. The van der Waals surface area contributed by atoms with Crippen LogP contribution in [0.25, 0.3) is 0 Å². The highest BCUT2D eigenvalue weighted by Gasteiger charge is 2.63. The summed E-state index contributed by atoms with van der Waals surface area (Å²) in [5.41, 5.74) is -0.785. The predicted octanol–water partition coefficient (Wildman–Crippen LogP) is 1.95. The fraction of sp³-hybridized carbons (Fsp3) is 0.846. The number of carbonyl (C=O) groups excluding carboxylic acids is 2. The van der Waals surface area contributed by atoms with E-state index in [1.807, 2.05) is 0 Å². The number of nitrogens with zero attached hydrogens (tertiary/aromatic N) is 2. The summed E-state index contributed by atoms with van der Waals surface area (Å²) >= 11 is 0. The minimum atomic E-state index is -4.60. The molecule has 2 saturated heterocycles. The lowest BCUT2D eigenvalue weighted by atomic mass is 10.1. The number of hydrogen-bond acceptors (Lipinski definition) is 3. The molecule has 0 aromatic carbocycles. The number of fused-ring (bicyclic) bond motifs is 2. The molecule has 0 spiro atoms. The smallest absolute Gasteiger partial charge is 0.410 e. The van der Waals surface area contributed by atoms with Crippen molar-refractivity contribution in [1.82, 2.24) is 15.1 Å². The maximum absolute atomic E-state index is 13.3. The van der Waals surface area contributed by atoms with Gasteiger partial charge in [-0.2, -0.15) is 13.2 Å². The predicted molar refractivity (Wildman–Crippen MR) is 71.3 cm³/mol. The van der Waals surface area contributed by atoms with Crippen molar-refractivity contribution in [3.05, 3.63) is 0 Å². The zero-order chi connectivity index (χ0) is 16.9. The van der Waals surface area contributed by atoms with E-state index in [0.29, 0.717) is 0 Å². The summed E-state index contributed by atoms with van der Waals surface area (Å²) in [7, 11) is 1.29. The van der Waals surface area contributed by atoms with Crippen molar-refractivity contribution in [2.45, 2.75) is 57.1 Å². The van der Waals surface area contributed by atoms with Gasteiger partial charge in [0.05, 0.1) is 12.1 Å². The van der Waals surface area contributed by atoms with Gasteiger partial charge in [-0.15, -0.1) is 0 Å². The molecule has 0 saturated carbocycles. The monoisotopic (exact) mass is 323 g/mol. The molecule has 22 heavy (non-hydrogen) atoms. The van der Waals surface area contributed by atoms with Crippen LogP contribution in [0.5, 0.6) is 0 Å². The first kappa shape index (κ1) is 16.7. The molecule has 6 nitrogen and oxygen atoms in total. The number of amides is 3. The normalized spacial score (nSPS) is 28.0. The maximum Gasteiger partial charge on any atom is 0.410 e. The van der Waals surface area contributed by atoms with Crippen LogP contribution in [-0.4, -0.2) is 65.4 Å². The van der Waals surface area contributed by atoms with Crippen LogP contribution < -0.4 is 5.32 Å². The number of rotatable bonds is 0. The molecule has 0 radical (unpaired) electrons. The third-order valence-electron chi connectivity index (χ3n) is 3.79. The van der Waals surface area contributed by atoms with Crippen LogP contribution in [0.15, 0.2) is 0 Å². The Morgan fingerprint density at radius 2 is 1.82 bits per heavy atom. The number of likely N-dealkylation sites (tertiary alicyclic amines) is 2. The van der Waals surface area contributed by atoms with Crippen molar-refractivity contribution < 1.29 is 27.5 Å². The first-order valence-corrected chi connectivity index (χ1v) is 7.02. The van der Waals surface area contributed by atoms with Crippen LogP contribution in [0.1, 0.15) is 27.2 Å². The average molecular weight is 323 g/mol. The summed E-state index contributed by atoms with van der Waals surface area (Å²) in [5.74, 6) is 0. The second-order valence-electron chi connectivity index (χ2n) is 6.54. The Morgan fingerprint density at radius 1 is 1.23 bits per heavy atom. The highest BCUT2D eigenvalue weighted by Crippen LogP contribution is 2.43. The van der Waals surface area contributed by atoms with E-state index < -0.39 is 42.0 Å². The van der Waals surface area contributed by atoms with E-state index in [1.54, 1.807) is 20.8 Å². The molecule has 3 amide bonds. The molecule has 2 aliphatic heterocycles. The Bertz CT molecular complexity index is 475. The lowest BCUT2D eigenvalue weighted by Crippen LogP contribution is -2.63. The van der Waals surface area contributed by atoms with Crippen molar-refractivity contribution in [3.8, 4) is 0 Å². The van der Waals surface area contributed by atoms with Gasteiger partial charge in [-0.25, -0.2) is 9.59 Å². The number of piperazine rings is 1. The number of alkyl halides is 3. The average Bonchev–Trinajstić information content (AvgIpc) is 2.91. The Morgan fingerprint density at radius 3 is 2.27 bits per heavy atom. The molecule has 0 aromatic heterocycles. The first-order valence-electron chi connectivity index (χ1n) is 7.02. The van der Waals surface area contributed by atoms with Gasteiger partial charge in [0, 0.05) is 13.6 Å². The molecule has 2 rings (SSSR count). The lowest BCUT2D eigenvalue weighted by Gasteiger charge is -2.41. The molecule has 0 aromatic rings. The van der Waals surface area contributed by atoms with Gasteiger partial charge in [-0.05, 0) is 27.2 Å². The van der Waals surface area contributed by atoms with E-state index in [2.05, 4.69) is 5.32 Å².